The van der Waals surface area contributed by atoms with Crippen LogP contribution >= 0.6 is 15.9 Å². The molecule has 0 radical (unpaired) electrons. The maximum atomic E-state index is 5.13. The summed E-state index contributed by atoms with van der Waals surface area (Å²) in [6.07, 6.45) is 0. The summed E-state index contributed by atoms with van der Waals surface area (Å²) < 4.78 is 1.04. The van der Waals surface area contributed by atoms with Crippen LogP contribution in [0, 0.1) is 0 Å². The lowest BCUT2D eigenvalue weighted by molar-refractivity contribution is 1.24. The van der Waals surface area contributed by atoms with Crippen LogP contribution < -0.4 is 5.84 Å². The van der Waals surface area contributed by atoms with E-state index in [1.807, 2.05) is 31.2 Å². The molecular formula is C8H9BrN2. The molecule has 0 aromatic heterocycles. The lowest BCUT2D eigenvalue weighted by atomic mass is 10.1. The first-order valence-electron chi connectivity index (χ1n) is 3.24. The lowest BCUT2D eigenvalue weighted by Crippen LogP contribution is -1.97. The Morgan fingerprint density at radius 2 is 2.27 bits per heavy atom. The van der Waals surface area contributed by atoms with Crippen LogP contribution in [0.4, 0.5) is 0 Å². The first kappa shape index (κ1) is 8.27. The van der Waals surface area contributed by atoms with Gasteiger partial charge in [-0.2, -0.15) is 5.10 Å². The van der Waals surface area contributed by atoms with Crippen LogP contribution in [0.1, 0.15) is 12.5 Å². The average Bonchev–Trinajstić information content (AvgIpc) is 2.03. The van der Waals surface area contributed by atoms with E-state index in [0.29, 0.717) is 0 Å². The van der Waals surface area contributed by atoms with Crippen molar-refractivity contribution in [2.75, 3.05) is 0 Å². The molecule has 0 aliphatic rings. The number of hydrogen-bond acceptors (Lipinski definition) is 2. The normalized spacial score (nSPS) is 11.6. The predicted molar refractivity (Wildman–Crippen MR) is 50.5 cm³/mol. The highest BCUT2D eigenvalue weighted by Crippen LogP contribution is 2.11. The van der Waals surface area contributed by atoms with Crippen molar-refractivity contribution in [2.24, 2.45) is 10.9 Å². The molecule has 1 aromatic rings. The molecule has 3 heteroatoms. The van der Waals surface area contributed by atoms with E-state index in [9.17, 15) is 0 Å². The molecule has 0 saturated carbocycles. The van der Waals surface area contributed by atoms with E-state index >= 15 is 0 Å². The van der Waals surface area contributed by atoms with Crippen molar-refractivity contribution in [1.29, 1.82) is 0 Å². The number of rotatable bonds is 1. The molecule has 0 atom stereocenters. The smallest absolute Gasteiger partial charge is 0.0642 e. The van der Waals surface area contributed by atoms with Crippen molar-refractivity contribution in [3.8, 4) is 0 Å². The van der Waals surface area contributed by atoms with Crippen LogP contribution in [-0.2, 0) is 0 Å². The summed E-state index contributed by atoms with van der Waals surface area (Å²) in [4.78, 5) is 0. The van der Waals surface area contributed by atoms with Gasteiger partial charge in [-0.3, -0.25) is 0 Å². The second-order valence-corrected chi connectivity index (χ2v) is 3.14. The molecule has 0 aliphatic heterocycles. The Kier molecular flexibility index (Phi) is 2.65. The Balaban J connectivity index is 3.06. The largest absolute Gasteiger partial charge is 0.323 e. The number of nitrogens with zero attached hydrogens (tertiary/aromatic N) is 1. The first-order valence-corrected chi connectivity index (χ1v) is 4.04. The highest BCUT2D eigenvalue weighted by Gasteiger charge is 1.95. The minimum atomic E-state index is 0.839. The molecule has 0 unspecified atom stereocenters. The molecule has 2 N–H and O–H groups in total. The highest BCUT2D eigenvalue weighted by molar-refractivity contribution is 9.10. The molecule has 0 amide bonds. The minimum Gasteiger partial charge on any atom is -0.323 e. The van der Waals surface area contributed by atoms with Gasteiger partial charge in [0.05, 0.1) is 5.71 Å². The quantitative estimate of drug-likeness (QED) is 0.433. The van der Waals surface area contributed by atoms with Crippen molar-refractivity contribution in [2.45, 2.75) is 6.92 Å². The van der Waals surface area contributed by atoms with Gasteiger partial charge in [0.15, 0.2) is 0 Å². The van der Waals surface area contributed by atoms with E-state index < -0.39 is 0 Å². The van der Waals surface area contributed by atoms with Crippen LogP contribution in [0.15, 0.2) is 33.8 Å². The van der Waals surface area contributed by atoms with Crippen LogP contribution in [-0.4, -0.2) is 5.71 Å². The average molecular weight is 213 g/mol. The Hall–Kier alpha value is -0.830. The first-order chi connectivity index (χ1) is 5.24. The van der Waals surface area contributed by atoms with Gasteiger partial charge in [0.2, 0.25) is 0 Å². The summed E-state index contributed by atoms with van der Waals surface area (Å²) in [7, 11) is 0. The standard InChI is InChI=1S/C8H9BrN2/c1-6(11-10)7-3-2-4-8(9)5-7/h2-5H,10H2,1H3/b11-6+. The van der Waals surface area contributed by atoms with Crippen molar-refractivity contribution < 1.29 is 0 Å². The highest BCUT2D eigenvalue weighted by atomic mass is 79.9. The summed E-state index contributed by atoms with van der Waals surface area (Å²) in [5.41, 5.74) is 1.88. The van der Waals surface area contributed by atoms with Gasteiger partial charge in [0.25, 0.3) is 0 Å². The zero-order valence-electron chi connectivity index (χ0n) is 6.21. The van der Waals surface area contributed by atoms with Crippen LogP contribution in [0.2, 0.25) is 0 Å². The molecule has 0 aliphatic carbocycles. The molecule has 0 spiro atoms. The monoisotopic (exact) mass is 212 g/mol. The Morgan fingerprint density at radius 1 is 1.55 bits per heavy atom. The number of halogens is 1. The number of hydrogen-bond donors (Lipinski definition) is 1. The zero-order valence-corrected chi connectivity index (χ0v) is 7.80. The fourth-order valence-corrected chi connectivity index (χ4v) is 1.19. The van der Waals surface area contributed by atoms with Gasteiger partial charge in [-0.05, 0) is 24.6 Å². The van der Waals surface area contributed by atoms with Gasteiger partial charge in [-0.25, -0.2) is 0 Å². The summed E-state index contributed by atoms with van der Waals surface area (Å²) in [5, 5.41) is 3.60. The second kappa shape index (κ2) is 3.53. The van der Waals surface area contributed by atoms with E-state index in [-0.39, 0.29) is 0 Å². The zero-order chi connectivity index (χ0) is 8.27. The number of hydrazone groups is 1. The SMILES string of the molecule is C/C(=N\N)c1cccc(Br)c1. The van der Waals surface area contributed by atoms with Crippen LogP contribution in [0.5, 0.6) is 0 Å². The predicted octanol–water partition coefficient (Wildman–Crippen LogP) is 2.13. The van der Waals surface area contributed by atoms with E-state index in [0.717, 1.165) is 15.7 Å². The summed E-state index contributed by atoms with van der Waals surface area (Å²) in [6, 6.07) is 7.86. The van der Waals surface area contributed by atoms with Crippen molar-refractivity contribution in [1.82, 2.24) is 0 Å². The molecule has 0 fully saturated rings. The molecule has 0 bridgehead atoms. The van der Waals surface area contributed by atoms with Crippen molar-refractivity contribution in [3.05, 3.63) is 34.3 Å². The Labute approximate surface area is 74.2 Å². The number of benzene rings is 1. The maximum absolute atomic E-state index is 5.13. The van der Waals surface area contributed by atoms with Crippen LogP contribution in [0.3, 0.4) is 0 Å². The van der Waals surface area contributed by atoms with Crippen molar-refractivity contribution in [3.63, 3.8) is 0 Å². The summed E-state index contributed by atoms with van der Waals surface area (Å²) in [6.45, 7) is 1.88. The van der Waals surface area contributed by atoms with Gasteiger partial charge < -0.3 is 5.84 Å². The van der Waals surface area contributed by atoms with Gasteiger partial charge in [-0.1, -0.05) is 28.1 Å². The van der Waals surface area contributed by atoms with Gasteiger partial charge >= 0.3 is 0 Å². The van der Waals surface area contributed by atoms with E-state index in [4.69, 9.17) is 5.84 Å². The van der Waals surface area contributed by atoms with E-state index in [1.54, 1.807) is 0 Å². The van der Waals surface area contributed by atoms with Crippen molar-refractivity contribution >= 4 is 21.6 Å². The molecule has 0 heterocycles. The fraction of sp³-hybridized carbons (Fsp3) is 0.125. The van der Waals surface area contributed by atoms with E-state index in [1.165, 1.54) is 0 Å². The second-order valence-electron chi connectivity index (χ2n) is 2.22. The Morgan fingerprint density at radius 3 is 2.82 bits per heavy atom. The number of nitrogens with two attached hydrogens (primary N) is 1. The molecule has 1 aromatic carbocycles. The van der Waals surface area contributed by atoms with Gasteiger partial charge in [-0.15, -0.1) is 0 Å². The van der Waals surface area contributed by atoms with Gasteiger partial charge in [0, 0.05) is 4.47 Å². The fourth-order valence-electron chi connectivity index (χ4n) is 0.788. The topological polar surface area (TPSA) is 38.4 Å². The van der Waals surface area contributed by atoms with Crippen LogP contribution in [0.25, 0.3) is 0 Å². The summed E-state index contributed by atoms with van der Waals surface area (Å²) >= 11 is 3.36. The molecular weight excluding hydrogens is 204 g/mol. The minimum absolute atomic E-state index is 0.839. The molecule has 2 nitrogen and oxygen atoms in total. The van der Waals surface area contributed by atoms with Gasteiger partial charge in [0.1, 0.15) is 0 Å². The molecule has 1 rings (SSSR count). The Bertz CT molecular complexity index is 281. The summed E-state index contributed by atoms with van der Waals surface area (Å²) in [5.74, 6) is 5.13. The third-order valence-corrected chi connectivity index (χ3v) is 1.93. The lowest BCUT2D eigenvalue weighted by Gasteiger charge is -1.98. The third-order valence-electron chi connectivity index (χ3n) is 1.44. The maximum Gasteiger partial charge on any atom is 0.0642 e. The molecule has 58 valence electrons. The van der Waals surface area contributed by atoms with E-state index in [2.05, 4.69) is 21.0 Å². The molecule has 11 heavy (non-hydrogen) atoms. The molecule has 0 saturated heterocycles. The third kappa shape index (κ3) is 2.05.